The van der Waals surface area contributed by atoms with E-state index in [1.54, 1.807) is 0 Å². The van der Waals surface area contributed by atoms with Gasteiger partial charge in [-0.2, -0.15) is 0 Å². The third-order valence-electron chi connectivity index (χ3n) is 3.73. The molecule has 0 aliphatic carbocycles. The zero-order valence-electron chi connectivity index (χ0n) is 13.2. The van der Waals surface area contributed by atoms with E-state index in [1.807, 2.05) is 56.3 Å². The summed E-state index contributed by atoms with van der Waals surface area (Å²) in [5, 5.41) is 0. The molecule has 4 heteroatoms. The number of aromatic nitrogens is 2. The molecule has 0 fully saturated rings. The summed E-state index contributed by atoms with van der Waals surface area (Å²) in [6.45, 7) is 4.28. The zero-order valence-corrected chi connectivity index (χ0v) is 13.2. The number of hydrogen-bond acceptors (Lipinski definition) is 2. The van der Waals surface area contributed by atoms with Crippen LogP contribution in [-0.4, -0.2) is 9.13 Å². The van der Waals surface area contributed by atoms with Crippen LogP contribution in [0.25, 0.3) is 5.69 Å². The topological polar surface area (TPSA) is 44.0 Å². The number of rotatable bonds is 3. The van der Waals surface area contributed by atoms with Crippen molar-refractivity contribution in [2.45, 2.75) is 20.4 Å². The Morgan fingerprint density at radius 2 is 1.52 bits per heavy atom. The first kappa shape index (κ1) is 15.0. The molecule has 1 heterocycles. The molecular formula is C19H18N2O2. The van der Waals surface area contributed by atoms with Gasteiger partial charge in [-0.15, -0.1) is 0 Å². The van der Waals surface area contributed by atoms with Crippen LogP contribution in [0.4, 0.5) is 0 Å². The van der Waals surface area contributed by atoms with E-state index in [-0.39, 0.29) is 17.8 Å². The van der Waals surface area contributed by atoms with Crippen LogP contribution >= 0.6 is 0 Å². The molecule has 0 bridgehead atoms. The van der Waals surface area contributed by atoms with Crippen molar-refractivity contribution in [1.29, 1.82) is 0 Å². The normalized spacial score (nSPS) is 10.7. The summed E-state index contributed by atoms with van der Waals surface area (Å²) in [5.74, 6) is 0. The Morgan fingerprint density at radius 3 is 2.17 bits per heavy atom. The molecule has 0 N–H and O–H groups in total. The molecule has 3 aromatic rings. The highest BCUT2D eigenvalue weighted by molar-refractivity contribution is 5.31. The van der Waals surface area contributed by atoms with Crippen LogP contribution in [0, 0.1) is 13.8 Å². The largest absolute Gasteiger partial charge is 0.335 e. The van der Waals surface area contributed by atoms with Crippen LogP contribution in [0.1, 0.15) is 16.7 Å². The molecule has 3 rings (SSSR count). The van der Waals surface area contributed by atoms with Crippen LogP contribution in [0.2, 0.25) is 0 Å². The van der Waals surface area contributed by atoms with Gasteiger partial charge in [-0.3, -0.25) is 13.9 Å². The molecule has 0 aliphatic rings. The summed E-state index contributed by atoms with van der Waals surface area (Å²) in [4.78, 5) is 24.8. The summed E-state index contributed by atoms with van der Waals surface area (Å²) in [6, 6.07) is 16.8. The summed E-state index contributed by atoms with van der Waals surface area (Å²) >= 11 is 0. The number of aryl methyl sites for hydroxylation is 2. The Morgan fingerprint density at radius 1 is 0.870 bits per heavy atom. The second kappa shape index (κ2) is 6.08. The fraction of sp³-hybridized carbons (Fsp3) is 0.158. The molecule has 0 unspecified atom stereocenters. The van der Waals surface area contributed by atoms with E-state index in [9.17, 15) is 9.59 Å². The smallest absolute Gasteiger partial charge is 0.269 e. The van der Waals surface area contributed by atoms with Gasteiger partial charge in [0.2, 0.25) is 0 Å². The lowest BCUT2D eigenvalue weighted by atomic mass is 10.1. The molecule has 23 heavy (non-hydrogen) atoms. The van der Waals surface area contributed by atoms with Gasteiger partial charge in [0.1, 0.15) is 0 Å². The van der Waals surface area contributed by atoms with E-state index in [0.717, 1.165) is 22.4 Å². The van der Waals surface area contributed by atoms with E-state index >= 15 is 0 Å². The predicted molar refractivity (Wildman–Crippen MR) is 91.3 cm³/mol. The molecule has 0 saturated heterocycles. The SMILES string of the molecule is Cc1cc(C)cc(Cn2c(=O)ccn(-c3ccccc3)c2=O)c1. The average molecular weight is 306 g/mol. The molecule has 0 atom stereocenters. The first-order valence-electron chi connectivity index (χ1n) is 7.50. The quantitative estimate of drug-likeness (QED) is 0.747. The van der Waals surface area contributed by atoms with Crippen LogP contribution in [0.5, 0.6) is 0 Å². The molecule has 0 amide bonds. The maximum Gasteiger partial charge on any atom is 0.335 e. The first-order valence-corrected chi connectivity index (χ1v) is 7.50. The van der Waals surface area contributed by atoms with Gasteiger partial charge in [-0.25, -0.2) is 4.79 Å². The maximum atomic E-state index is 12.7. The fourth-order valence-corrected chi connectivity index (χ4v) is 2.79. The Bertz CT molecular complexity index is 933. The van der Waals surface area contributed by atoms with Crippen molar-refractivity contribution >= 4 is 0 Å². The van der Waals surface area contributed by atoms with Crippen LogP contribution in [-0.2, 0) is 6.54 Å². The number of hydrogen-bond donors (Lipinski definition) is 0. The minimum absolute atomic E-state index is 0.272. The van der Waals surface area contributed by atoms with Crippen molar-refractivity contribution in [3.05, 3.63) is 98.3 Å². The van der Waals surface area contributed by atoms with E-state index < -0.39 is 0 Å². The second-order valence-electron chi connectivity index (χ2n) is 5.72. The predicted octanol–water partition coefficient (Wildman–Crippen LogP) is 2.66. The molecular weight excluding hydrogens is 288 g/mol. The van der Waals surface area contributed by atoms with Gasteiger partial charge in [0.05, 0.1) is 12.2 Å². The van der Waals surface area contributed by atoms with Gasteiger partial charge >= 0.3 is 5.69 Å². The molecule has 0 aliphatic heterocycles. The third-order valence-corrected chi connectivity index (χ3v) is 3.73. The van der Waals surface area contributed by atoms with E-state index in [1.165, 1.54) is 21.4 Å². The minimum atomic E-state index is -0.331. The van der Waals surface area contributed by atoms with E-state index in [2.05, 4.69) is 6.07 Å². The van der Waals surface area contributed by atoms with Gasteiger partial charge in [0, 0.05) is 12.3 Å². The molecule has 2 aromatic carbocycles. The van der Waals surface area contributed by atoms with Crippen LogP contribution in [0.3, 0.4) is 0 Å². The standard InChI is InChI=1S/C19H18N2O2/c1-14-10-15(2)12-16(11-14)13-21-18(22)8-9-20(19(21)23)17-6-4-3-5-7-17/h3-12H,13H2,1-2H3. The summed E-state index contributed by atoms with van der Waals surface area (Å²) in [7, 11) is 0. The van der Waals surface area contributed by atoms with Crippen molar-refractivity contribution in [1.82, 2.24) is 9.13 Å². The van der Waals surface area contributed by atoms with Gasteiger partial charge < -0.3 is 0 Å². The lowest BCUT2D eigenvalue weighted by Crippen LogP contribution is -2.38. The molecule has 0 spiro atoms. The van der Waals surface area contributed by atoms with Crippen molar-refractivity contribution < 1.29 is 0 Å². The van der Waals surface area contributed by atoms with Gasteiger partial charge in [0.15, 0.2) is 0 Å². The van der Waals surface area contributed by atoms with Crippen molar-refractivity contribution in [3.63, 3.8) is 0 Å². The lowest BCUT2D eigenvalue weighted by molar-refractivity contribution is 0.667. The van der Waals surface area contributed by atoms with Gasteiger partial charge in [0.25, 0.3) is 5.56 Å². The number of nitrogens with zero attached hydrogens (tertiary/aromatic N) is 2. The van der Waals surface area contributed by atoms with Gasteiger partial charge in [-0.05, 0) is 31.5 Å². The summed E-state index contributed by atoms with van der Waals surface area (Å²) in [5.41, 5.74) is 3.31. The van der Waals surface area contributed by atoms with Crippen molar-refractivity contribution in [3.8, 4) is 5.69 Å². The third kappa shape index (κ3) is 3.16. The van der Waals surface area contributed by atoms with E-state index in [0.29, 0.717) is 0 Å². The highest BCUT2D eigenvalue weighted by atomic mass is 16.2. The van der Waals surface area contributed by atoms with Crippen molar-refractivity contribution in [2.75, 3.05) is 0 Å². The lowest BCUT2D eigenvalue weighted by Gasteiger charge is -2.11. The number of benzene rings is 2. The van der Waals surface area contributed by atoms with Gasteiger partial charge in [-0.1, -0.05) is 47.5 Å². The molecule has 4 nitrogen and oxygen atoms in total. The average Bonchev–Trinajstić information content (AvgIpc) is 2.51. The minimum Gasteiger partial charge on any atom is -0.269 e. The Kier molecular flexibility index (Phi) is 3.98. The summed E-state index contributed by atoms with van der Waals surface area (Å²) in [6.07, 6.45) is 1.53. The first-order chi connectivity index (χ1) is 11.0. The Hall–Kier alpha value is -2.88. The number of para-hydroxylation sites is 1. The van der Waals surface area contributed by atoms with Crippen LogP contribution in [0.15, 0.2) is 70.4 Å². The van der Waals surface area contributed by atoms with Crippen LogP contribution < -0.4 is 11.2 Å². The highest BCUT2D eigenvalue weighted by Gasteiger charge is 2.08. The molecule has 116 valence electrons. The van der Waals surface area contributed by atoms with E-state index in [4.69, 9.17) is 0 Å². The Labute approximate surface area is 134 Å². The molecule has 1 aromatic heterocycles. The Balaban J connectivity index is 2.09. The fourth-order valence-electron chi connectivity index (χ4n) is 2.79. The molecule has 0 radical (unpaired) electrons. The molecule has 0 saturated carbocycles. The summed E-state index contributed by atoms with van der Waals surface area (Å²) < 4.78 is 2.76. The maximum absolute atomic E-state index is 12.7. The highest BCUT2D eigenvalue weighted by Crippen LogP contribution is 2.09. The monoisotopic (exact) mass is 306 g/mol. The van der Waals surface area contributed by atoms with Crippen molar-refractivity contribution in [2.24, 2.45) is 0 Å². The zero-order chi connectivity index (χ0) is 16.4. The second-order valence-corrected chi connectivity index (χ2v) is 5.72.